The van der Waals surface area contributed by atoms with Gasteiger partial charge in [-0.25, -0.2) is 0 Å². The largest absolute Gasteiger partial charge is 0.392 e. The fourth-order valence-electron chi connectivity index (χ4n) is 3.83. The first-order valence-electron chi connectivity index (χ1n) is 8.52. The Hall–Kier alpha value is -0.550. The summed E-state index contributed by atoms with van der Waals surface area (Å²) in [5.41, 5.74) is 1.46. The van der Waals surface area contributed by atoms with Crippen molar-refractivity contribution in [3.63, 3.8) is 0 Å². The summed E-state index contributed by atoms with van der Waals surface area (Å²) in [4.78, 5) is 6.52. The predicted octanol–water partition coefficient (Wildman–Crippen LogP) is 2.83. The van der Waals surface area contributed by atoms with Gasteiger partial charge in [-0.3, -0.25) is 9.80 Å². The van der Waals surface area contributed by atoms with E-state index in [1.807, 2.05) is 11.8 Å². The topological polar surface area (TPSA) is 26.7 Å². The Balaban J connectivity index is 1.51. The summed E-state index contributed by atoms with van der Waals surface area (Å²) < 4.78 is 0. The molecule has 2 heterocycles. The number of thioether (sulfide) groups is 1. The SMILES string of the molecule is CSc1ccccc1CN1CCC(N2CCC[C@H](O)C2)CC1. The molecule has 3 rings (SSSR count). The second-order valence-electron chi connectivity index (χ2n) is 6.61. The summed E-state index contributed by atoms with van der Waals surface area (Å²) in [5.74, 6) is 0. The van der Waals surface area contributed by atoms with E-state index in [2.05, 4.69) is 40.3 Å². The minimum Gasteiger partial charge on any atom is -0.392 e. The molecule has 2 saturated heterocycles. The van der Waals surface area contributed by atoms with Gasteiger partial charge in [-0.05, 0) is 63.2 Å². The van der Waals surface area contributed by atoms with Gasteiger partial charge < -0.3 is 5.11 Å². The van der Waals surface area contributed by atoms with Crippen LogP contribution in [-0.4, -0.2) is 59.5 Å². The lowest BCUT2D eigenvalue weighted by atomic mass is 9.98. The molecule has 4 heteroatoms. The van der Waals surface area contributed by atoms with E-state index in [0.717, 1.165) is 25.9 Å². The number of benzene rings is 1. The third-order valence-corrected chi connectivity index (χ3v) is 5.93. The molecule has 1 aromatic rings. The summed E-state index contributed by atoms with van der Waals surface area (Å²) in [6.07, 6.45) is 6.69. The Kier molecular flexibility index (Phi) is 5.80. The number of hydrogen-bond acceptors (Lipinski definition) is 4. The molecule has 2 aliphatic heterocycles. The van der Waals surface area contributed by atoms with Crippen LogP contribution < -0.4 is 0 Å². The van der Waals surface area contributed by atoms with Crippen LogP contribution in [0, 0.1) is 0 Å². The van der Waals surface area contributed by atoms with Crippen molar-refractivity contribution in [2.45, 2.75) is 49.3 Å². The first kappa shape index (κ1) is 16.3. The third kappa shape index (κ3) is 4.05. The summed E-state index contributed by atoms with van der Waals surface area (Å²) >= 11 is 1.84. The Labute approximate surface area is 138 Å². The van der Waals surface area contributed by atoms with Gasteiger partial charge >= 0.3 is 0 Å². The number of aliphatic hydroxyl groups excluding tert-OH is 1. The monoisotopic (exact) mass is 320 g/mol. The molecule has 1 N–H and O–H groups in total. The van der Waals surface area contributed by atoms with Crippen LogP contribution >= 0.6 is 11.8 Å². The molecule has 2 fully saturated rings. The Morgan fingerprint density at radius 1 is 1.14 bits per heavy atom. The summed E-state index contributed by atoms with van der Waals surface area (Å²) in [6, 6.07) is 9.45. The van der Waals surface area contributed by atoms with Gasteiger partial charge in [0.2, 0.25) is 0 Å². The minimum absolute atomic E-state index is 0.0970. The summed E-state index contributed by atoms with van der Waals surface area (Å²) in [5, 5.41) is 9.86. The normalized spacial score (nSPS) is 25.5. The quantitative estimate of drug-likeness (QED) is 0.863. The highest BCUT2D eigenvalue weighted by atomic mass is 32.2. The van der Waals surface area contributed by atoms with Gasteiger partial charge in [0, 0.05) is 24.0 Å². The second kappa shape index (κ2) is 7.82. The molecule has 3 nitrogen and oxygen atoms in total. The highest BCUT2D eigenvalue weighted by Crippen LogP contribution is 2.25. The van der Waals surface area contributed by atoms with Gasteiger partial charge in [0.1, 0.15) is 0 Å². The van der Waals surface area contributed by atoms with E-state index in [9.17, 15) is 5.11 Å². The lowest BCUT2D eigenvalue weighted by Gasteiger charge is -2.41. The Morgan fingerprint density at radius 2 is 1.91 bits per heavy atom. The molecular weight excluding hydrogens is 292 g/mol. The number of hydrogen-bond donors (Lipinski definition) is 1. The average molecular weight is 321 g/mol. The number of piperidine rings is 2. The average Bonchev–Trinajstić information content (AvgIpc) is 2.56. The zero-order valence-corrected chi connectivity index (χ0v) is 14.4. The fourth-order valence-corrected chi connectivity index (χ4v) is 4.44. The standard InChI is InChI=1S/C18H28N2OS/c1-22-18-7-3-2-5-15(18)13-19-11-8-16(9-12-19)20-10-4-6-17(21)14-20/h2-3,5,7,16-17,21H,4,6,8-14H2,1H3/t17-/m0/s1. The van der Waals surface area contributed by atoms with Gasteiger partial charge in [-0.1, -0.05) is 18.2 Å². The molecule has 0 bridgehead atoms. The number of likely N-dealkylation sites (tertiary alicyclic amines) is 2. The second-order valence-corrected chi connectivity index (χ2v) is 7.46. The van der Waals surface area contributed by atoms with Crippen LogP contribution in [0.3, 0.4) is 0 Å². The Morgan fingerprint density at radius 3 is 2.64 bits per heavy atom. The lowest BCUT2D eigenvalue weighted by Crippen LogP contribution is -2.49. The molecule has 0 aromatic heterocycles. The number of β-amino-alcohol motifs (C(OH)–C–C–N with tert-alkyl or cyclic N) is 1. The van der Waals surface area contributed by atoms with Gasteiger partial charge in [0.15, 0.2) is 0 Å². The van der Waals surface area contributed by atoms with Crippen LogP contribution in [0.15, 0.2) is 29.2 Å². The zero-order valence-electron chi connectivity index (χ0n) is 13.6. The first-order valence-corrected chi connectivity index (χ1v) is 9.75. The number of nitrogens with zero attached hydrogens (tertiary/aromatic N) is 2. The number of rotatable bonds is 4. The molecule has 2 aliphatic rings. The van der Waals surface area contributed by atoms with E-state index < -0.39 is 0 Å². The highest BCUT2D eigenvalue weighted by Gasteiger charge is 2.28. The van der Waals surface area contributed by atoms with Gasteiger partial charge in [-0.2, -0.15) is 0 Å². The van der Waals surface area contributed by atoms with E-state index in [1.54, 1.807) is 0 Å². The van der Waals surface area contributed by atoms with Crippen molar-refractivity contribution in [1.29, 1.82) is 0 Å². The molecule has 0 spiro atoms. The van der Waals surface area contributed by atoms with Gasteiger partial charge in [0.25, 0.3) is 0 Å². The lowest BCUT2D eigenvalue weighted by molar-refractivity contribution is 0.0242. The van der Waals surface area contributed by atoms with Crippen molar-refractivity contribution in [2.24, 2.45) is 0 Å². The van der Waals surface area contributed by atoms with Crippen molar-refractivity contribution >= 4 is 11.8 Å². The van der Waals surface area contributed by atoms with Gasteiger partial charge in [0.05, 0.1) is 6.10 Å². The van der Waals surface area contributed by atoms with Crippen molar-refractivity contribution in [3.05, 3.63) is 29.8 Å². The zero-order chi connectivity index (χ0) is 15.4. The van der Waals surface area contributed by atoms with Gasteiger partial charge in [-0.15, -0.1) is 11.8 Å². The fraction of sp³-hybridized carbons (Fsp3) is 0.667. The van der Waals surface area contributed by atoms with E-state index in [0.29, 0.717) is 6.04 Å². The Bertz CT molecular complexity index is 474. The van der Waals surface area contributed by atoms with Crippen molar-refractivity contribution < 1.29 is 5.11 Å². The minimum atomic E-state index is -0.0970. The first-order chi connectivity index (χ1) is 10.8. The summed E-state index contributed by atoms with van der Waals surface area (Å²) in [6.45, 7) is 5.50. The summed E-state index contributed by atoms with van der Waals surface area (Å²) in [7, 11) is 0. The predicted molar refractivity (Wildman–Crippen MR) is 93.3 cm³/mol. The molecular formula is C18H28N2OS. The number of aliphatic hydroxyl groups is 1. The maximum Gasteiger partial charge on any atom is 0.0667 e. The van der Waals surface area contributed by atoms with Crippen LogP contribution in [0.5, 0.6) is 0 Å². The van der Waals surface area contributed by atoms with Crippen LogP contribution in [-0.2, 0) is 6.54 Å². The maximum absolute atomic E-state index is 9.86. The van der Waals surface area contributed by atoms with Crippen LogP contribution in [0.1, 0.15) is 31.2 Å². The molecule has 0 saturated carbocycles. The van der Waals surface area contributed by atoms with Crippen LogP contribution in [0.4, 0.5) is 0 Å². The van der Waals surface area contributed by atoms with Crippen molar-refractivity contribution in [3.8, 4) is 0 Å². The molecule has 0 aliphatic carbocycles. The smallest absolute Gasteiger partial charge is 0.0667 e. The van der Waals surface area contributed by atoms with Crippen molar-refractivity contribution in [1.82, 2.24) is 9.80 Å². The van der Waals surface area contributed by atoms with E-state index in [1.165, 1.54) is 42.9 Å². The van der Waals surface area contributed by atoms with Crippen LogP contribution in [0.2, 0.25) is 0 Å². The molecule has 122 valence electrons. The van der Waals surface area contributed by atoms with E-state index >= 15 is 0 Å². The third-order valence-electron chi connectivity index (χ3n) is 5.09. The molecule has 0 unspecified atom stereocenters. The molecule has 0 amide bonds. The molecule has 0 radical (unpaired) electrons. The maximum atomic E-state index is 9.86. The molecule has 22 heavy (non-hydrogen) atoms. The van der Waals surface area contributed by atoms with Crippen LogP contribution in [0.25, 0.3) is 0 Å². The van der Waals surface area contributed by atoms with E-state index in [4.69, 9.17) is 0 Å². The van der Waals surface area contributed by atoms with E-state index in [-0.39, 0.29) is 6.10 Å². The molecule has 1 aromatic carbocycles. The van der Waals surface area contributed by atoms with Crippen molar-refractivity contribution in [2.75, 3.05) is 32.4 Å². The highest BCUT2D eigenvalue weighted by molar-refractivity contribution is 7.98. The molecule has 1 atom stereocenters.